The Kier molecular flexibility index (Phi) is 13.2. The summed E-state index contributed by atoms with van der Waals surface area (Å²) in [4.78, 5) is 30.8. The number of carbonyl (C=O) groups is 2. The number of Topliss-reactive ketones (excluding diaryl/α,β-unsaturated/α-hetero) is 1. The van der Waals surface area contributed by atoms with Crippen molar-refractivity contribution in [1.29, 1.82) is 0 Å². The van der Waals surface area contributed by atoms with Crippen LogP contribution in [0.15, 0.2) is 224 Å². The molecule has 2 nitrogen and oxygen atoms in total. The molecule has 1 atom stereocenters. The molecule has 0 fully saturated rings. The minimum Gasteiger partial charge on any atom is -0.293 e. The Labute approximate surface area is 351 Å². The van der Waals surface area contributed by atoms with E-state index in [0.717, 1.165) is 41.0 Å². The van der Waals surface area contributed by atoms with Gasteiger partial charge in [0, 0.05) is 22.6 Å². The van der Waals surface area contributed by atoms with Gasteiger partial charge in [-0.05, 0) is 78.1 Å². The monoisotopic (exact) mass is 800 g/mol. The molecule has 4 heteroatoms. The van der Waals surface area contributed by atoms with Crippen LogP contribution in [-0.4, -0.2) is 11.6 Å². The Morgan fingerprint density at radius 1 is 0.373 bits per heavy atom. The molecule has 0 amide bonds. The van der Waals surface area contributed by atoms with Crippen LogP contribution in [0.2, 0.25) is 0 Å². The van der Waals surface area contributed by atoms with Crippen molar-refractivity contribution in [3.8, 4) is 0 Å². The average molecular weight is 801 g/mol. The van der Waals surface area contributed by atoms with E-state index in [1.165, 1.54) is 26.8 Å². The highest BCUT2D eigenvalue weighted by Gasteiger charge is 2.31. The van der Waals surface area contributed by atoms with Gasteiger partial charge >= 0.3 is 0 Å². The van der Waals surface area contributed by atoms with E-state index >= 15 is 9.59 Å². The quantitative estimate of drug-likeness (QED) is 0.0554. The Morgan fingerprint density at radius 2 is 0.746 bits per heavy atom. The number of benzene rings is 8. The van der Waals surface area contributed by atoms with Gasteiger partial charge in [0.15, 0.2) is 11.6 Å². The maximum absolute atomic E-state index is 15.6. The lowest BCUT2D eigenvalue weighted by Crippen LogP contribution is -2.28. The SMILES string of the molecule is O=C(c1ccccc1C(CCCCc1ccccc1)C(=O)c1ccccc1P(c1ccccc1)c1ccccc1)c1ccccc1P(c1ccccc1)c1ccccc1. The molecule has 0 saturated heterocycles. The lowest BCUT2D eigenvalue weighted by Gasteiger charge is -2.25. The summed E-state index contributed by atoms with van der Waals surface area (Å²) < 4.78 is 0. The van der Waals surface area contributed by atoms with Crippen LogP contribution < -0.4 is 31.8 Å². The molecule has 1 unspecified atom stereocenters. The summed E-state index contributed by atoms with van der Waals surface area (Å²) in [6.07, 6.45) is 3.34. The number of rotatable bonds is 16. The van der Waals surface area contributed by atoms with Crippen LogP contribution in [-0.2, 0) is 6.42 Å². The van der Waals surface area contributed by atoms with Gasteiger partial charge in [-0.2, -0.15) is 0 Å². The summed E-state index contributed by atoms with van der Waals surface area (Å²) in [5.41, 5.74) is 4.06. The van der Waals surface area contributed by atoms with Gasteiger partial charge < -0.3 is 0 Å². The van der Waals surface area contributed by atoms with E-state index < -0.39 is 21.8 Å². The maximum Gasteiger partial charge on any atom is 0.193 e. The van der Waals surface area contributed by atoms with Gasteiger partial charge in [0.1, 0.15) is 0 Å². The lowest BCUT2D eigenvalue weighted by molar-refractivity contribution is 0.0954. The molecule has 0 bridgehead atoms. The Bertz CT molecular complexity index is 2520. The number of carbonyl (C=O) groups excluding carboxylic acids is 2. The Balaban J connectivity index is 1.22. The van der Waals surface area contributed by atoms with Crippen molar-refractivity contribution < 1.29 is 9.59 Å². The average Bonchev–Trinajstić information content (AvgIpc) is 3.31. The largest absolute Gasteiger partial charge is 0.293 e. The highest BCUT2D eigenvalue weighted by molar-refractivity contribution is 7.80. The molecule has 8 rings (SSSR count). The van der Waals surface area contributed by atoms with Gasteiger partial charge in [0.05, 0.1) is 0 Å². The minimum atomic E-state index is -1.04. The van der Waals surface area contributed by atoms with E-state index in [0.29, 0.717) is 17.5 Å². The minimum absolute atomic E-state index is 0.0539. The molecule has 0 aliphatic rings. The molecule has 0 spiro atoms. The highest BCUT2D eigenvalue weighted by atomic mass is 31.1. The first-order chi connectivity index (χ1) is 29.2. The molecular formula is C55H46O2P2. The number of unbranched alkanes of at least 4 members (excludes halogenated alkanes) is 1. The van der Waals surface area contributed by atoms with E-state index in [2.05, 4.69) is 133 Å². The van der Waals surface area contributed by atoms with Crippen LogP contribution in [0.25, 0.3) is 0 Å². The van der Waals surface area contributed by atoms with Crippen molar-refractivity contribution in [3.05, 3.63) is 252 Å². The zero-order valence-corrected chi connectivity index (χ0v) is 34.8. The number of hydrogen-bond acceptors (Lipinski definition) is 2. The van der Waals surface area contributed by atoms with E-state index in [1.54, 1.807) is 0 Å². The Hall–Kier alpha value is -6.04. The number of hydrogen-bond donors (Lipinski definition) is 0. The van der Waals surface area contributed by atoms with E-state index in [-0.39, 0.29) is 11.6 Å². The van der Waals surface area contributed by atoms with Gasteiger partial charge in [0.2, 0.25) is 0 Å². The third-order valence-corrected chi connectivity index (χ3v) is 15.8. The van der Waals surface area contributed by atoms with Gasteiger partial charge in [-0.3, -0.25) is 9.59 Å². The van der Waals surface area contributed by atoms with Crippen LogP contribution in [0.1, 0.15) is 62.6 Å². The third-order valence-electron chi connectivity index (χ3n) is 10.8. The molecular weight excluding hydrogens is 755 g/mol. The molecule has 0 N–H and O–H groups in total. The summed E-state index contributed by atoms with van der Waals surface area (Å²) >= 11 is 0. The van der Waals surface area contributed by atoms with Crippen LogP contribution in [0, 0.1) is 0 Å². The second kappa shape index (κ2) is 19.6. The fraction of sp³-hybridized carbons (Fsp3) is 0.0909. The second-order valence-electron chi connectivity index (χ2n) is 14.6. The fourth-order valence-corrected chi connectivity index (χ4v) is 12.9. The molecule has 0 aliphatic heterocycles. The smallest absolute Gasteiger partial charge is 0.193 e. The predicted octanol–water partition coefficient (Wildman–Crippen LogP) is 10.8. The van der Waals surface area contributed by atoms with Crippen LogP contribution in [0.3, 0.4) is 0 Å². The lowest BCUT2D eigenvalue weighted by atomic mass is 9.82. The fourth-order valence-electron chi connectivity index (χ4n) is 7.99. The van der Waals surface area contributed by atoms with Gasteiger partial charge in [-0.1, -0.05) is 231 Å². The molecule has 0 aliphatic carbocycles. The molecule has 0 aromatic heterocycles. The molecule has 0 radical (unpaired) electrons. The van der Waals surface area contributed by atoms with Crippen LogP contribution in [0.5, 0.6) is 0 Å². The topological polar surface area (TPSA) is 34.1 Å². The van der Waals surface area contributed by atoms with Crippen molar-refractivity contribution in [2.45, 2.75) is 31.6 Å². The molecule has 288 valence electrons. The van der Waals surface area contributed by atoms with Gasteiger partial charge in [-0.25, -0.2) is 0 Å². The first kappa shape index (κ1) is 39.8. The molecule has 0 heterocycles. The molecule has 8 aromatic rings. The van der Waals surface area contributed by atoms with Gasteiger partial charge in [0.25, 0.3) is 0 Å². The van der Waals surface area contributed by atoms with Crippen molar-refractivity contribution >= 4 is 59.2 Å². The molecule has 8 aromatic carbocycles. The normalized spacial score (nSPS) is 11.7. The first-order valence-electron chi connectivity index (χ1n) is 20.4. The van der Waals surface area contributed by atoms with Crippen molar-refractivity contribution in [3.63, 3.8) is 0 Å². The summed E-state index contributed by atoms with van der Waals surface area (Å²) in [5, 5.41) is 6.77. The first-order valence-corrected chi connectivity index (χ1v) is 23.1. The molecule has 0 saturated carbocycles. The summed E-state index contributed by atoms with van der Waals surface area (Å²) in [6.45, 7) is 0. The van der Waals surface area contributed by atoms with Crippen LogP contribution >= 0.6 is 15.8 Å². The van der Waals surface area contributed by atoms with Crippen molar-refractivity contribution in [1.82, 2.24) is 0 Å². The number of aryl methyl sites for hydroxylation is 1. The van der Waals surface area contributed by atoms with E-state index in [9.17, 15) is 0 Å². The van der Waals surface area contributed by atoms with Crippen LogP contribution in [0.4, 0.5) is 0 Å². The summed E-state index contributed by atoms with van der Waals surface area (Å²) in [5.74, 6) is -0.516. The van der Waals surface area contributed by atoms with E-state index in [1.807, 2.05) is 91.0 Å². The van der Waals surface area contributed by atoms with Crippen molar-refractivity contribution in [2.75, 3.05) is 0 Å². The summed E-state index contributed by atoms with van der Waals surface area (Å²) in [7, 11) is -2.08. The summed E-state index contributed by atoms with van der Waals surface area (Å²) in [6, 6.07) is 76.7. The zero-order valence-electron chi connectivity index (χ0n) is 33.0. The predicted molar refractivity (Wildman–Crippen MR) is 251 cm³/mol. The standard InChI is InChI=1S/C55H46O2P2/c56-54(50-38-20-22-40-52(50)58(43-27-8-2-9-28-43)44-29-10-3-11-30-44)48(36-17-16-26-42-24-6-1-7-25-42)47-35-18-19-37-49(47)55(57)51-39-21-23-41-53(51)59(45-31-12-4-13-32-45)46-33-14-5-15-34-46/h1-15,18-25,27-35,37-41,48H,16-17,26,36H2. The highest BCUT2D eigenvalue weighted by Crippen LogP contribution is 2.39. The molecule has 59 heavy (non-hydrogen) atoms. The Morgan fingerprint density at radius 3 is 1.24 bits per heavy atom. The maximum atomic E-state index is 15.6. The zero-order chi connectivity index (χ0) is 40.2. The van der Waals surface area contributed by atoms with Crippen molar-refractivity contribution in [2.24, 2.45) is 0 Å². The number of ketones is 2. The van der Waals surface area contributed by atoms with Gasteiger partial charge in [-0.15, -0.1) is 0 Å². The second-order valence-corrected chi connectivity index (χ2v) is 19.0. The van der Waals surface area contributed by atoms with E-state index in [4.69, 9.17) is 0 Å². The third kappa shape index (κ3) is 9.32.